The number of benzene rings is 2. The highest BCUT2D eigenvalue weighted by Crippen LogP contribution is 2.22. The molecule has 0 radical (unpaired) electrons. The molecule has 2 aromatic carbocycles. The third-order valence-corrected chi connectivity index (χ3v) is 6.40. The second kappa shape index (κ2) is 10.8. The zero-order valence-electron chi connectivity index (χ0n) is 18.0. The van der Waals surface area contributed by atoms with Crippen LogP contribution >= 0.6 is 22.9 Å². The average Bonchev–Trinajstić information content (AvgIpc) is 3.33. The van der Waals surface area contributed by atoms with E-state index >= 15 is 0 Å². The van der Waals surface area contributed by atoms with E-state index in [1.807, 2.05) is 37.3 Å². The van der Waals surface area contributed by atoms with Crippen LogP contribution in [0.5, 0.6) is 5.75 Å². The van der Waals surface area contributed by atoms with Crippen LogP contribution in [0.15, 0.2) is 60.2 Å². The number of ether oxygens (including phenoxy) is 1. The van der Waals surface area contributed by atoms with Crippen LogP contribution in [0.3, 0.4) is 0 Å². The first-order chi connectivity index (χ1) is 15.6. The Labute approximate surface area is 197 Å². The fourth-order valence-corrected chi connectivity index (χ4v) is 4.46. The number of aromatic nitrogens is 1. The minimum atomic E-state index is -0.136. The number of hydrogen-bond donors (Lipinski definition) is 1. The zero-order valence-corrected chi connectivity index (χ0v) is 19.6. The Hall–Kier alpha value is -2.61. The molecule has 1 atom stereocenters. The van der Waals surface area contributed by atoms with Gasteiger partial charge in [-0.1, -0.05) is 29.8 Å². The molecular weight excluding hydrogens is 444 g/mol. The van der Waals surface area contributed by atoms with Gasteiger partial charge in [-0.2, -0.15) is 0 Å². The number of carbonyl (C=O) groups is 1. The van der Waals surface area contributed by atoms with E-state index in [0.717, 1.165) is 43.5 Å². The summed E-state index contributed by atoms with van der Waals surface area (Å²) >= 11 is 7.46. The van der Waals surface area contributed by atoms with Gasteiger partial charge in [-0.25, -0.2) is 0 Å². The summed E-state index contributed by atoms with van der Waals surface area (Å²) < 4.78 is 6.03. The number of anilines is 1. The zero-order chi connectivity index (χ0) is 22.3. The van der Waals surface area contributed by atoms with Crippen molar-refractivity contribution in [1.82, 2.24) is 15.2 Å². The average molecular weight is 471 g/mol. The fourth-order valence-electron chi connectivity index (χ4n) is 3.74. The molecule has 1 amide bonds. The largest absolute Gasteiger partial charge is 0.489 e. The molecule has 0 aliphatic carbocycles. The van der Waals surface area contributed by atoms with Gasteiger partial charge in [0.25, 0.3) is 5.91 Å². The van der Waals surface area contributed by atoms with Crippen molar-refractivity contribution in [2.45, 2.75) is 19.6 Å². The van der Waals surface area contributed by atoms with E-state index in [9.17, 15) is 4.79 Å². The lowest BCUT2D eigenvalue weighted by molar-refractivity contribution is 0.0936. The fraction of sp³-hybridized carbons (Fsp3) is 0.333. The second-order valence-electron chi connectivity index (χ2n) is 7.89. The van der Waals surface area contributed by atoms with Crippen LogP contribution in [0.1, 0.15) is 22.2 Å². The number of thiazole rings is 1. The first kappa shape index (κ1) is 22.6. The van der Waals surface area contributed by atoms with Crippen molar-refractivity contribution >= 4 is 34.5 Å². The number of piperazine rings is 1. The monoisotopic (exact) mass is 470 g/mol. The molecule has 1 fully saturated rings. The molecule has 168 valence electrons. The van der Waals surface area contributed by atoms with Gasteiger partial charge in [0.05, 0.1) is 18.3 Å². The number of amides is 1. The summed E-state index contributed by atoms with van der Waals surface area (Å²) in [5, 5.41) is 3.67. The summed E-state index contributed by atoms with van der Waals surface area (Å²) in [5.74, 6) is 0.702. The minimum Gasteiger partial charge on any atom is -0.489 e. The van der Waals surface area contributed by atoms with Crippen LogP contribution in [0, 0.1) is 0 Å². The molecule has 8 heteroatoms. The van der Waals surface area contributed by atoms with Gasteiger partial charge in [0, 0.05) is 43.4 Å². The van der Waals surface area contributed by atoms with Crippen LogP contribution in [0.4, 0.5) is 5.69 Å². The van der Waals surface area contributed by atoms with E-state index in [-0.39, 0.29) is 12.0 Å². The number of nitrogens with zero attached hydrogens (tertiary/aromatic N) is 3. The van der Waals surface area contributed by atoms with E-state index in [0.29, 0.717) is 11.4 Å². The van der Waals surface area contributed by atoms with Crippen LogP contribution < -0.4 is 15.0 Å². The van der Waals surface area contributed by atoms with E-state index < -0.39 is 0 Å². The topological polar surface area (TPSA) is 57.7 Å². The van der Waals surface area contributed by atoms with E-state index in [4.69, 9.17) is 16.3 Å². The Morgan fingerprint density at radius 3 is 2.75 bits per heavy atom. The van der Waals surface area contributed by atoms with Gasteiger partial charge in [0.1, 0.15) is 16.7 Å². The van der Waals surface area contributed by atoms with Gasteiger partial charge >= 0.3 is 0 Å². The maximum Gasteiger partial charge on any atom is 0.263 e. The molecule has 32 heavy (non-hydrogen) atoms. The highest BCUT2D eigenvalue weighted by molar-refractivity contribution is 7.11. The normalized spacial score (nSPS) is 15.4. The summed E-state index contributed by atoms with van der Waals surface area (Å²) in [4.78, 5) is 21.4. The van der Waals surface area contributed by atoms with E-state index in [1.165, 1.54) is 22.6 Å². The van der Waals surface area contributed by atoms with Crippen molar-refractivity contribution in [1.29, 1.82) is 0 Å². The van der Waals surface area contributed by atoms with Crippen molar-refractivity contribution in [3.05, 3.63) is 75.7 Å². The molecule has 2 heterocycles. The maximum absolute atomic E-state index is 12.1. The molecule has 1 aliphatic rings. The molecule has 1 N–H and O–H groups in total. The molecule has 0 saturated carbocycles. The highest BCUT2D eigenvalue weighted by Gasteiger charge is 2.18. The summed E-state index contributed by atoms with van der Waals surface area (Å²) in [6.07, 6.45) is 1.44. The third-order valence-electron chi connectivity index (χ3n) is 5.39. The summed E-state index contributed by atoms with van der Waals surface area (Å²) in [7, 11) is 0. The number of nitrogens with one attached hydrogen (secondary N) is 1. The lowest BCUT2D eigenvalue weighted by Crippen LogP contribution is -2.45. The Bertz CT molecular complexity index is 1020. The predicted octanol–water partition coefficient (Wildman–Crippen LogP) is 4.32. The van der Waals surface area contributed by atoms with E-state index in [2.05, 4.69) is 38.3 Å². The molecule has 0 unspecified atom stereocenters. The molecule has 1 aliphatic heterocycles. The van der Waals surface area contributed by atoms with Crippen molar-refractivity contribution in [3.8, 4) is 5.75 Å². The lowest BCUT2D eigenvalue weighted by atomic mass is 10.1. The SMILES string of the molecule is C[C@H](CNC(=O)c1cncs1)Oc1cccc(CN2CCN(c3cccc(Cl)c3)CC2)c1. The van der Waals surface area contributed by atoms with Crippen LogP contribution in [0.2, 0.25) is 5.02 Å². The smallest absolute Gasteiger partial charge is 0.263 e. The number of hydrogen-bond acceptors (Lipinski definition) is 6. The number of rotatable bonds is 8. The van der Waals surface area contributed by atoms with Crippen LogP contribution in [-0.2, 0) is 6.54 Å². The van der Waals surface area contributed by atoms with Crippen LogP contribution in [0.25, 0.3) is 0 Å². The number of carbonyl (C=O) groups excluding carboxylic acids is 1. The Kier molecular flexibility index (Phi) is 7.63. The first-order valence-electron chi connectivity index (χ1n) is 10.7. The van der Waals surface area contributed by atoms with Gasteiger partial charge in [-0.3, -0.25) is 14.7 Å². The predicted molar refractivity (Wildman–Crippen MR) is 130 cm³/mol. The molecule has 0 bridgehead atoms. The molecule has 3 aromatic rings. The van der Waals surface area contributed by atoms with E-state index in [1.54, 1.807) is 11.7 Å². The molecule has 4 rings (SSSR count). The van der Waals surface area contributed by atoms with Gasteiger partial charge in [0.2, 0.25) is 0 Å². The van der Waals surface area contributed by atoms with Crippen LogP contribution in [-0.4, -0.2) is 54.6 Å². The van der Waals surface area contributed by atoms with Gasteiger partial charge < -0.3 is 15.0 Å². The number of halogens is 1. The summed E-state index contributed by atoms with van der Waals surface area (Å²) in [6, 6.07) is 16.3. The third kappa shape index (κ3) is 6.22. The van der Waals surface area contributed by atoms with Crippen molar-refractivity contribution in [2.75, 3.05) is 37.6 Å². The molecule has 1 aromatic heterocycles. The quantitative estimate of drug-likeness (QED) is 0.531. The Morgan fingerprint density at radius 1 is 1.19 bits per heavy atom. The maximum atomic E-state index is 12.1. The minimum absolute atomic E-state index is 0.117. The van der Waals surface area contributed by atoms with Gasteiger partial charge in [-0.15, -0.1) is 11.3 Å². The van der Waals surface area contributed by atoms with Gasteiger partial charge in [0.15, 0.2) is 0 Å². The van der Waals surface area contributed by atoms with Gasteiger partial charge in [-0.05, 0) is 42.8 Å². The summed E-state index contributed by atoms with van der Waals surface area (Å²) in [6.45, 7) is 7.23. The summed E-state index contributed by atoms with van der Waals surface area (Å²) in [5.41, 5.74) is 4.06. The Balaban J connectivity index is 1.25. The first-order valence-corrected chi connectivity index (χ1v) is 12.0. The molecule has 6 nitrogen and oxygen atoms in total. The molecule has 1 saturated heterocycles. The standard InChI is InChI=1S/C24H27ClN4O2S/c1-18(14-27-24(30)23-15-26-17-32-23)31-22-7-2-4-19(12-22)16-28-8-10-29(11-9-28)21-6-3-5-20(25)13-21/h2-7,12-13,15,17-18H,8-11,14,16H2,1H3,(H,27,30)/t18-/m1/s1. The second-order valence-corrected chi connectivity index (χ2v) is 9.22. The van der Waals surface area contributed by atoms with Crippen molar-refractivity contribution < 1.29 is 9.53 Å². The molecular formula is C24H27ClN4O2S. The highest BCUT2D eigenvalue weighted by atomic mass is 35.5. The lowest BCUT2D eigenvalue weighted by Gasteiger charge is -2.36. The van der Waals surface area contributed by atoms with Crippen molar-refractivity contribution in [3.63, 3.8) is 0 Å². The molecule has 0 spiro atoms. The Morgan fingerprint density at radius 2 is 2.00 bits per heavy atom. The van der Waals surface area contributed by atoms with Crippen molar-refractivity contribution in [2.24, 2.45) is 0 Å².